The average molecular weight is 380 g/mol. The number of rotatable bonds is 3. The molecule has 1 aliphatic heterocycles. The van der Waals surface area contributed by atoms with Crippen molar-refractivity contribution in [3.05, 3.63) is 65.0 Å². The molecule has 3 aromatic rings. The molecule has 0 saturated carbocycles. The number of benzene rings is 2. The predicted molar refractivity (Wildman–Crippen MR) is 106 cm³/mol. The van der Waals surface area contributed by atoms with E-state index in [2.05, 4.69) is 37.6 Å². The Kier molecular flexibility index (Phi) is 4.58. The van der Waals surface area contributed by atoms with Crippen molar-refractivity contribution >= 4 is 27.5 Å². The second kappa shape index (κ2) is 7.04. The number of fused-ring (bicyclic) bond motifs is 2. The number of aryl methyl sites for hydroxylation is 2. The minimum Gasteiger partial charge on any atom is -0.485 e. The van der Waals surface area contributed by atoms with E-state index in [0.717, 1.165) is 10.2 Å². The van der Waals surface area contributed by atoms with Crippen LogP contribution in [0.1, 0.15) is 11.1 Å². The molecular formula is C21H20N2O3S. The molecule has 0 bridgehead atoms. The van der Waals surface area contributed by atoms with Crippen LogP contribution >= 0.6 is 11.3 Å². The average Bonchev–Trinajstić information content (AvgIpc) is 2.98. The number of amides is 1. The summed E-state index contributed by atoms with van der Waals surface area (Å²) in [7, 11) is 0. The van der Waals surface area contributed by atoms with Gasteiger partial charge in [-0.2, -0.15) is 4.99 Å². The largest absolute Gasteiger partial charge is 0.485 e. The van der Waals surface area contributed by atoms with Crippen LogP contribution in [-0.2, 0) is 11.3 Å². The van der Waals surface area contributed by atoms with Crippen molar-refractivity contribution in [2.24, 2.45) is 4.99 Å². The third kappa shape index (κ3) is 3.28. The van der Waals surface area contributed by atoms with E-state index in [1.54, 1.807) is 12.1 Å². The Morgan fingerprint density at radius 2 is 2.04 bits per heavy atom. The number of aromatic nitrogens is 1. The van der Waals surface area contributed by atoms with Crippen molar-refractivity contribution in [1.29, 1.82) is 0 Å². The van der Waals surface area contributed by atoms with Crippen molar-refractivity contribution < 1.29 is 14.3 Å². The molecule has 1 aromatic heterocycles. The minimum absolute atomic E-state index is 0.157. The lowest BCUT2D eigenvalue weighted by Crippen LogP contribution is -2.36. The first-order chi connectivity index (χ1) is 13.1. The molecule has 0 aliphatic carbocycles. The molecule has 27 heavy (non-hydrogen) atoms. The number of hydrogen-bond acceptors (Lipinski definition) is 4. The van der Waals surface area contributed by atoms with Gasteiger partial charge >= 0.3 is 0 Å². The minimum atomic E-state index is -0.745. The Balaban J connectivity index is 1.73. The number of thiazole rings is 1. The molecular weight excluding hydrogens is 360 g/mol. The number of nitrogens with zero attached hydrogens (tertiary/aromatic N) is 2. The zero-order valence-corrected chi connectivity index (χ0v) is 16.1. The summed E-state index contributed by atoms with van der Waals surface area (Å²) in [5.74, 6) is 0.872. The molecule has 0 radical (unpaired) electrons. The first-order valence-corrected chi connectivity index (χ1v) is 9.57. The fourth-order valence-electron chi connectivity index (χ4n) is 3.02. The molecule has 1 unspecified atom stereocenters. The van der Waals surface area contributed by atoms with E-state index in [-0.39, 0.29) is 12.5 Å². The number of hydrogen-bond donors (Lipinski definition) is 0. The van der Waals surface area contributed by atoms with E-state index in [4.69, 9.17) is 9.47 Å². The highest BCUT2D eigenvalue weighted by molar-refractivity contribution is 7.16. The van der Waals surface area contributed by atoms with Gasteiger partial charge in [-0.15, -0.1) is 6.58 Å². The van der Waals surface area contributed by atoms with Gasteiger partial charge in [0, 0.05) is 6.54 Å². The summed E-state index contributed by atoms with van der Waals surface area (Å²) < 4.78 is 14.5. The molecule has 2 aromatic carbocycles. The lowest BCUT2D eigenvalue weighted by molar-refractivity contribution is -0.127. The molecule has 0 saturated heterocycles. The van der Waals surface area contributed by atoms with Crippen LogP contribution in [-0.4, -0.2) is 23.2 Å². The normalized spacial score (nSPS) is 16.5. The molecule has 1 aliphatic rings. The van der Waals surface area contributed by atoms with Gasteiger partial charge in [-0.1, -0.05) is 29.5 Å². The quantitative estimate of drug-likeness (QED) is 0.650. The van der Waals surface area contributed by atoms with E-state index in [0.29, 0.717) is 22.8 Å². The van der Waals surface area contributed by atoms with Gasteiger partial charge < -0.3 is 14.0 Å². The second-order valence-corrected chi connectivity index (χ2v) is 7.51. The van der Waals surface area contributed by atoms with Crippen molar-refractivity contribution in [2.45, 2.75) is 26.5 Å². The standard InChI is InChI=1S/C21H20N2O3S/c1-4-9-23-15-10-13(2)14(3)11-19(15)27-21(23)22-20(24)18-12-25-16-7-5-6-8-17(16)26-18/h4-8,10-11,18H,1,9,12H2,2-3H3. The molecule has 0 fully saturated rings. The monoisotopic (exact) mass is 380 g/mol. The third-order valence-electron chi connectivity index (χ3n) is 4.60. The summed E-state index contributed by atoms with van der Waals surface area (Å²) in [6.07, 6.45) is 1.06. The van der Waals surface area contributed by atoms with Crippen LogP contribution in [0.25, 0.3) is 10.2 Å². The molecule has 5 nitrogen and oxygen atoms in total. The van der Waals surface area contributed by atoms with Crippen molar-refractivity contribution in [3.63, 3.8) is 0 Å². The van der Waals surface area contributed by atoms with E-state index in [9.17, 15) is 4.79 Å². The first kappa shape index (κ1) is 17.5. The topological polar surface area (TPSA) is 52.8 Å². The van der Waals surface area contributed by atoms with E-state index < -0.39 is 6.10 Å². The number of para-hydroxylation sites is 2. The highest BCUT2D eigenvalue weighted by Crippen LogP contribution is 2.31. The Hall–Kier alpha value is -2.86. The van der Waals surface area contributed by atoms with Crippen LogP contribution in [0, 0.1) is 13.8 Å². The number of carbonyl (C=O) groups excluding carboxylic acids is 1. The van der Waals surface area contributed by atoms with Gasteiger partial charge in [-0.3, -0.25) is 4.79 Å². The Morgan fingerprint density at radius 1 is 1.30 bits per heavy atom. The lowest BCUT2D eigenvalue weighted by Gasteiger charge is -2.23. The molecule has 1 amide bonds. The van der Waals surface area contributed by atoms with Crippen LogP contribution in [0.4, 0.5) is 0 Å². The number of allylic oxidation sites excluding steroid dienone is 1. The fraction of sp³-hybridized carbons (Fsp3) is 0.238. The summed E-state index contributed by atoms with van der Waals surface area (Å²) in [6, 6.07) is 11.6. The Morgan fingerprint density at radius 3 is 2.81 bits per heavy atom. The van der Waals surface area contributed by atoms with Crippen molar-refractivity contribution in [1.82, 2.24) is 4.57 Å². The third-order valence-corrected chi connectivity index (χ3v) is 5.64. The van der Waals surface area contributed by atoms with Gasteiger partial charge in [0.25, 0.3) is 5.91 Å². The van der Waals surface area contributed by atoms with E-state index in [1.807, 2.05) is 22.8 Å². The van der Waals surface area contributed by atoms with E-state index >= 15 is 0 Å². The van der Waals surface area contributed by atoms with Crippen LogP contribution in [0.15, 0.2) is 54.0 Å². The molecule has 6 heteroatoms. The van der Waals surface area contributed by atoms with Gasteiger partial charge in [0.2, 0.25) is 6.10 Å². The van der Waals surface area contributed by atoms with Gasteiger partial charge in [0.1, 0.15) is 6.61 Å². The van der Waals surface area contributed by atoms with E-state index in [1.165, 1.54) is 22.5 Å². The zero-order valence-electron chi connectivity index (χ0n) is 15.3. The van der Waals surface area contributed by atoms with Gasteiger partial charge in [0.05, 0.1) is 10.2 Å². The molecule has 2 heterocycles. The number of carbonyl (C=O) groups is 1. The maximum atomic E-state index is 12.7. The van der Waals surface area contributed by atoms with Crippen molar-refractivity contribution in [3.8, 4) is 11.5 Å². The molecule has 0 N–H and O–H groups in total. The summed E-state index contributed by atoms with van der Waals surface area (Å²) >= 11 is 1.50. The fourth-order valence-corrected chi connectivity index (χ4v) is 4.14. The molecule has 0 spiro atoms. The predicted octanol–water partition coefficient (Wildman–Crippen LogP) is 3.77. The smallest absolute Gasteiger partial charge is 0.292 e. The van der Waals surface area contributed by atoms with Crippen LogP contribution in [0.2, 0.25) is 0 Å². The summed E-state index contributed by atoms with van der Waals surface area (Å²) in [5, 5.41) is 0. The van der Waals surface area contributed by atoms with Gasteiger partial charge in [-0.05, 0) is 49.2 Å². The van der Waals surface area contributed by atoms with Crippen LogP contribution in [0.5, 0.6) is 11.5 Å². The molecule has 1 atom stereocenters. The van der Waals surface area contributed by atoms with Gasteiger partial charge in [0.15, 0.2) is 16.3 Å². The summed E-state index contributed by atoms with van der Waals surface area (Å²) in [5.41, 5.74) is 3.48. The zero-order chi connectivity index (χ0) is 19.0. The SMILES string of the molecule is C=CCn1c(=NC(=O)C2COc3ccccc3O2)sc2cc(C)c(C)cc21. The summed E-state index contributed by atoms with van der Waals surface area (Å²) in [6.45, 7) is 8.73. The maximum absolute atomic E-state index is 12.7. The lowest BCUT2D eigenvalue weighted by atomic mass is 10.1. The van der Waals surface area contributed by atoms with Crippen LogP contribution in [0.3, 0.4) is 0 Å². The Labute approximate surface area is 161 Å². The molecule has 138 valence electrons. The second-order valence-electron chi connectivity index (χ2n) is 6.50. The van der Waals surface area contributed by atoms with Gasteiger partial charge in [-0.25, -0.2) is 0 Å². The Bertz CT molecular complexity index is 1110. The van der Waals surface area contributed by atoms with Crippen molar-refractivity contribution in [2.75, 3.05) is 6.61 Å². The maximum Gasteiger partial charge on any atom is 0.292 e. The molecule has 4 rings (SSSR count). The first-order valence-electron chi connectivity index (χ1n) is 8.75. The summed E-state index contributed by atoms with van der Waals surface area (Å²) in [4.78, 5) is 17.7. The highest BCUT2D eigenvalue weighted by Gasteiger charge is 2.27. The highest BCUT2D eigenvalue weighted by atomic mass is 32.1. The van der Waals surface area contributed by atoms with Crippen LogP contribution < -0.4 is 14.3 Å². The number of ether oxygens (including phenoxy) is 2.